The van der Waals surface area contributed by atoms with Crippen LogP contribution in [-0.2, 0) is 12.8 Å². The van der Waals surface area contributed by atoms with Crippen LogP contribution in [-0.4, -0.2) is 10.2 Å². The van der Waals surface area contributed by atoms with Crippen LogP contribution in [0.25, 0.3) is 0 Å². The van der Waals surface area contributed by atoms with Crippen molar-refractivity contribution in [1.82, 2.24) is 10.2 Å². The number of aromatic nitrogens is 2. The summed E-state index contributed by atoms with van der Waals surface area (Å²) in [7, 11) is 0. The average Bonchev–Trinajstić information content (AvgIpc) is 2.67. The molecule has 1 N–H and O–H groups in total. The van der Waals surface area contributed by atoms with Crippen LogP contribution in [0.5, 0.6) is 0 Å². The maximum atomic E-state index is 5.18. The van der Waals surface area contributed by atoms with Crippen LogP contribution >= 0.6 is 28.1 Å². The highest BCUT2D eigenvalue weighted by molar-refractivity contribution is 9.10. The Balaban J connectivity index is 1.84. The number of nitrogens with zero attached hydrogens (tertiary/aromatic N) is 1. The molecule has 0 unspecified atom stereocenters. The molecule has 0 amide bonds. The number of benzene rings is 1. The van der Waals surface area contributed by atoms with Crippen LogP contribution in [0.1, 0.15) is 17.9 Å². The van der Waals surface area contributed by atoms with E-state index in [0.29, 0.717) is 10.7 Å². The maximum Gasteiger partial charge on any atom is 0.284 e. The standard InChI is InChI=1S/C11H11BrN2OS/c12-9-6-4-8(5-7-9)2-1-3-10-13-14-11(16)15-10/h4-7H,1-3H2,(H,14,16). The molecular formula is C11H11BrN2OS. The number of H-pyrrole nitrogens is 1. The Morgan fingerprint density at radius 1 is 1.25 bits per heavy atom. The lowest BCUT2D eigenvalue weighted by molar-refractivity contribution is 0.474. The van der Waals surface area contributed by atoms with Gasteiger partial charge in [0.15, 0.2) is 0 Å². The Labute approximate surface area is 107 Å². The molecule has 0 atom stereocenters. The smallest absolute Gasteiger partial charge is 0.284 e. The van der Waals surface area contributed by atoms with Crippen LogP contribution in [0.15, 0.2) is 33.2 Å². The van der Waals surface area contributed by atoms with E-state index < -0.39 is 0 Å². The van der Waals surface area contributed by atoms with E-state index in [9.17, 15) is 0 Å². The lowest BCUT2D eigenvalue weighted by Gasteiger charge is -1.99. The van der Waals surface area contributed by atoms with Gasteiger partial charge in [-0.15, -0.1) is 5.10 Å². The van der Waals surface area contributed by atoms with Gasteiger partial charge in [0.25, 0.3) is 4.84 Å². The Morgan fingerprint density at radius 3 is 2.62 bits per heavy atom. The van der Waals surface area contributed by atoms with Gasteiger partial charge < -0.3 is 4.42 Å². The molecule has 1 aromatic carbocycles. The van der Waals surface area contributed by atoms with Crippen molar-refractivity contribution in [3.8, 4) is 0 Å². The normalized spacial score (nSPS) is 10.6. The molecule has 0 saturated carbocycles. The topological polar surface area (TPSA) is 41.8 Å². The fourth-order valence-corrected chi connectivity index (χ4v) is 1.87. The van der Waals surface area contributed by atoms with Crippen molar-refractivity contribution >= 4 is 28.1 Å². The first kappa shape index (κ1) is 11.5. The SMILES string of the molecule is S=c1[nH]nc(CCCc2ccc(Br)cc2)o1. The summed E-state index contributed by atoms with van der Waals surface area (Å²) in [5, 5.41) is 6.57. The van der Waals surface area contributed by atoms with E-state index in [0.717, 1.165) is 23.7 Å². The van der Waals surface area contributed by atoms with Crippen molar-refractivity contribution in [3.05, 3.63) is 45.0 Å². The summed E-state index contributed by atoms with van der Waals surface area (Å²) >= 11 is 8.21. The number of aromatic amines is 1. The highest BCUT2D eigenvalue weighted by Crippen LogP contribution is 2.12. The van der Waals surface area contributed by atoms with Crippen molar-refractivity contribution in [2.75, 3.05) is 0 Å². The molecule has 0 saturated heterocycles. The predicted octanol–water partition coefficient (Wildman–Crippen LogP) is 3.67. The van der Waals surface area contributed by atoms with Gasteiger partial charge in [0, 0.05) is 10.9 Å². The molecule has 0 aliphatic heterocycles. The molecule has 2 rings (SSSR count). The Bertz CT molecular complexity index is 503. The molecule has 0 bridgehead atoms. The minimum atomic E-state index is 0.346. The first-order chi connectivity index (χ1) is 7.74. The number of hydrogen-bond acceptors (Lipinski definition) is 3. The maximum absolute atomic E-state index is 5.18. The molecule has 1 heterocycles. The monoisotopic (exact) mass is 298 g/mol. The minimum absolute atomic E-state index is 0.346. The highest BCUT2D eigenvalue weighted by Gasteiger charge is 2.00. The third-order valence-electron chi connectivity index (χ3n) is 2.25. The van der Waals surface area contributed by atoms with E-state index >= 15 is 0 Å². The van der Waals surface area contributed by atoms with Crippen molar-refractivity contribution in [1.29, 1.82) is 0 Å². The fourth-order valence-electron chi connectivity index (χ4n) is 1.46. The molecule has 16 heavy (non-hydrogen) atoms. The number of hydrogen-bond donors (Lipinski definition) is 1. The third-order valence-corrected chi connectivity index (χ3v) is 2.96. The summed E-state index contributed by atoms with van der Waals surface area (Å²) in [4.78, 5) is 0.346. The van der Waals surface area contributed by atoms with E-state index in [1.807, 2.05) is 0 Å². The molecular weight excluding hydrogens is 288 g/mol. The van der Waals surface area contributed by atoms with Crippen LogP contribution < -0.4 is 0 Å². The van der Waals surface area contributed by atoms with Crippen molar-refractivity contribution in [2.24, 2.45) is 0 Å². The molecule has 84 valence electrons. The highest BCUT2D eigenvalue weighted by atomic mass is 79.9. The molecule has 1 aromatic heterocycles. The molecule has 5 heteroatoms. The first-order valence-electron chi connectivity index (χ1n) is 5.03. The van der Waals surface area contributed by atoms with Crippen LogP contribution in [0.2, 0.25) is 0 Å². The summed E-state index contributed by atoms with van der Waals surface area (Å²) in [6.45, 7) is 0. The van der Waals surface area contributed by atoms with Crippen molar-refractivity contribution in [3.63, 3.8) is 0 Å². The quantitative estimate of drug-likeness (QED) is 0.876. The molecule has 2 aromatic rings. The van der Waals surface area contributed by atoms with Gasteiger partial charge in [-0.3, -0.25) is 0 Å². The number of aryl methyl sites for hydroxylation is 2. The fraction of sp³-hybridized carbons (Fsp3) is 0.273. The van der Waals surface area contributed by atoms with Gasteiger partial charge in [-0.05, 0) is 42.8 Å². The zero-order valence-electron chi connectivity index (χ0n) is 8.57. The average molecular weight is 299 g/mol. The van der Waals surface area contributed by atoms with E-state index in [1.165, 1.54) is 5.56 Å². The number of rotatable bonds is 4. The van der Waals surface area contributed by atoms with Crippen LogP contribution in [0.4, 0.5) is 0 Å². The Kier molecular flexibility index (Phi) is 3.90. The zero-order valence-corrected chi connectivity index (χ0v) is 11.0. The van der Waals surface area contributed by atoms with E-state index in [4.69, 9.17) is 16.6 Å². The molecule has 0 radical (unpaired) electrons. The van der Waals surface area contributed by atoms with E-state index in [1.54, 1.807) is 0 Å². The largest absolute Gasteiger partial charge is 0.414 e. The molecule has 0 fully saturated rings. The summed E-state index contributed by atoms with van der Waals surface area (Å²) in [5.41, 5.74) is 1.32. The Morgan fingerprint density at radius 2 is 2.00 bits per heavy atom. The van der Waals surface area contributed by atoms with Gasteiger partial charge in [-0.2, -0.15) is 0 Å². The second-order valence-corrected chi connectivity index (χ2v) is 4.77. The van der Waals surface area contributed by atoms with Crippen LogP contribution in [0, 0.1) is 4.84 Å². The molecule has 0 aliphatic carbocycles. The van der Waals surface area contributed by atoms with Crippen LogP contribution in [0.3, 0.4) is 0 Å². The van der Waals surface area contributed by atoms with Gasteiger partial charge in [-0.25, -0.2) is 5.10 Å². The molecule has 0 aliphatic rings. The van der Waals surface area contributed by atoms with Crippen molar-refractivity contribution < 1.29 is 4.42 Å². The number of halogens is 1. The van der Waals surface area contributed by atoms with Crippen molar-refractivity contribution in [2.45, 2.75) is 19.3 Å². The van der Waals surface area contributed by atoms with Gasteiger partial charge in [-0.1, -0.05) is 28.1 Å². The summed E-state index contributed by atoms with van der Waals surface area (Å²) in [6.07, 6.45) is 2.83. The minimum Gasteiger partial charge on any atom is -0.414 e. The summed E-state index contributed by atoms with van der Waals surface area (Å²) in [6, 6.07) is 8.33. The van der Waals surface area contributed by atoms with Gasteiger partial charge in [0.1, 0.15) is 0 Å². The predicted molar refractivity (Wildman–Crippen MR) is 67.9 cm³/mol. The zero-order chi connectivity index (χ0) is 11.4. The summed E-state index contributed by atoms with van der Waals surface area (Å²) in [5.74, 6) is 0.683. The van der Waals surface area contributed by atoms with Gasteiger partial charge >= 0.3 is 0 Å². The second-order valence-electron chi connectivity index (χ2n) is 3.49. The first-order valence-corrected chi connectivity index (χ1v) is 6.23. The Hall–Kier alpha value is -0.940. The lowest BCUT2D eigenvalue weighted by Crippen LogP contribution is -1.90. The molecule has 0 spiro atoms. The lowest BCUT2D eigenvalue weighted by atomic mass is 10.1. The summed E-state index contributed by atoms with van der Waals surface area (Å²) < 4.78 is 6.29. The van der Waals surface area contributed by atoms with Gasteiger partial charge in [0.05, 0.1) is 0 Å². The van der Waals surface area contributed by atoms with E-state index in [2.05, 4.69) is 50.4 Å². The molecule has 3 nitrogen and oxygen atoms in total. The second kappa shape index (κ2) is 5.41. The van der Waals surface area contributed by atoms with Gasteiger partial charge in [0.2, 0.25) is 5.89 Å². The number of nitrogens with one attached hydrogen (secondary N) is 1. The van der Waals surface area contributed by atoms with E-state index in [-0.39, 0.29) is 0 Å². The third kappa shape index (κ3) is 3.28.